The summed E-state index contributed by atoms with van der Waals surface area (Å²) in [6.07, 6.45) is 16.2. The van der Waals surface area contributed by atoms with E-state index in [0.717, 1.165) is 24.5 Å². The zero-order valence-electron chi connectivity index (χ0n) is 14.7. The van der Waals surface area contributed by atoms with Crippen molar-refractivity contribution in [1.29, 1.82) is 0 Å². The van der Waals surface area contributed by atoms with Gasteiger partial charge in [-0.1, -0.05) is 44.8 Å². The van der Waals surface area contributed by atoms with Crippen LogP contribution in [0, 0.1) is 29.3 Å². The maximum absolute atomic E-state index is 13.2. The third kappa shape index (κ3) is 5.99. The Labute approximate surface area is 144 Å². The van der Waals surface area contributed by atoms with Gasteiger partial charge in [0, 0.05) is 0 Å². The van der Waals surface area contributed by atoms with E-state index in [1.807, 2.05) is 0 Å². The molecule has 0 atom stereocenters. The number of allylic oxidation sites excluding steroid dienone is 2. The van der Waals surface area contributed by atoms with Crippen molar-refractivity contribution in [2.75, 3.05) is 0 Å². The van der Waals surface area contributed by atoms with Crippen LogP contribution in [0.4, 0.5) is 13.2 Å². The summed E-state index contributed by atoms with van der Waals surface area (Å²) in [6.45, 7) is 2.25. The second-order valence-electron chi connectivity index (χ2n) is 7.12. The molecule has 1 fully saturated rings. The standard InChI is InChI=1S/C21H29F3/c1-2-3-4-7-16-10-12-17(13-11-16)8-5-6-9-18-14-19(22)21(24)20(23)15-18/h5,8,14-17H,2-4,6-7,9-13H2,1H3/b8-5+. The first-order valence-corrected chi connectivity index (χ1v) is 9.40. The zero-order chi connectivity index (χ0) is 17.4. The molecule has 1 aromatic rings. The Morgan fingerprint density at radius 2 is 1.67 bits per heavy atom. The van der Waals surface area contributed by atoms with Crippen LogP contribution in [0.25, 0.3) is 0 Å². The van der Waals surface area contributed by atoms with E-state index in [1.54, 1.807) is 0 Å². The van der Waals surface area contributed by atoms with Crippen molar-refractivity contribution in [3.8, 4) is 0 Å². The molecule has 134 valence electrons. The van der Waals surface area contributed by atoms with Crippen LogP contribution in [-0.4, -0.2) is 0 Å². The van der Waals surface area contributed by atoms with Gasteiger partial charge in [-0.15, -0.1) is 0 Å². The molecular formula is C21H29F3. The molecule has 1 aliphatic carbocycles. The lowest BCUT2D eigenvalue weighted by Crippen LogP contribution is -2.13. The van der Waals surface area contributed by atoms with Gasteiger partial charge in [0.25, 0.3) is 0 Å². The van der Waals surface area contributed by atoms with Crippen molar-refractivity contribution in [3.05, 3.63) is 47.3 Å². The van der Waals surface area contributed by atoms with Gasteiger partial charge in [-0.25, -0.2) is 13.2 Å². The largest absolute Gasteiger partial charge is 0.204 e. The third-order valence-corrected chi connectivity index (χ3v) is 5.16. The molecule has 0 heterocycles. The molecule has 1 saturated carbocycles. The summed E-state index contributed by atoms with van der Waals surface area (Å²) < 4.78 is 39.2. The van der Waals surface area contributed by atoms with E-state index in [9.17, 15) is 13.2 Å². The number of unbranched alkanes of at least 4 members (excludes halogenated alkanes) is 2. The molecule has 0 aliphatic heterocycles. The molecule has 0 aromatic heterocycles. The van der Waals surface area contributed by atoms with Gasteiger partial charge in [0.05, 0.1) is 0 Å². The van der Waals surface area contributed by atoms with Gasteiger partial charge in [-0.05, 0) is 68.1 Å². The highest BCUT2D eigenvalue weighted by Crippen LogP contribution is 2.32. The number of halogens is 3. The lowest BCUT2D eigenvalue weighted by atomic mass is 9.79. The maximum atomic E-state index is 13.2. The summed E-state index contributed by atoms with van der Waals surface area (Å²) in [5.41, 5.74) is 0.510. The second kappa shape index (κ2) is 9.90. The first-order valence-electron chi connectivity index (χ1n) is 9.40. The van der Waals surface area contributed by atoms with E-state index in [-0.39, 0.29) is 0 Å². The lowest BCUT2D eigenvalue weighted by Gasteiger charge is -2.26. The molecule has 0 nitrogen and oxygen atoms in total. The second-order valence-corrected chi connectivity index (χ2v) is 7.12. The van der Waals surface area contributed by atoms with E-state index in [1.165, 1.54) is 51.4 Å². The van der Waals surface area contributed by atoms with Crippen molar-refractivity contribution in [1.82, 2.24) is 0 Å². The van der Waals surface area contributed by atoms with Crippen molar-refractivity contribution in [2.24, 2.45) is 11.8 Å². The quantitative estimate of drug-likeness (QED) is 0.272. The number of rotatable bonds is 8. The van der Waals surface area contributed by atoms with Crippen LogP contribution >= 0.6 is 0 Å². The molecule has 0 amide bonds. The first kappa shape index (κ1) is 19.1. The van der Waals surface area contributed by atoms with Crippen molar-refractivity contribution in [2.45, 2.75) is 71.1 Å². The third-order valence-electron chi connectivity index (χ3n) is 5.16. The highest BCUT2D eigenvalue weighted by molar-refractivity contribution is 5.20. The van der Waals surface area contributed by atoms with E-state index in [0.29, 0.717) is 17.9 Å². The van der Waals surface area contributed by atoms with Gasteiger partial charge in [0.15, 0.2) is 17.5 Å². The van der Waals surface area contributed by atoms with Crippen LogP contribution in [0.2, 0.25) is 0 Å². The van der Waals surface area contributed by atoms with Crippen LogP contribution in [-0.2, 0) is 6.42 Å². The molecule has 0 unspecified atom stereocenters. The molecule has 3 heteroatoms. The summed E-state index contributed by atoms with van der Waals surface area (Å²) in [7, 11) is 0. The minimum absolute atomic E-state index is 0.510. The monoisotopic (exact) mass is 338 g/mol. The van der Waals surface area contributed by atoms with Gasteiger partial charge in [0.2, 0.25) is 0 Å². The molecule has 0 radical (unpaired) electrons. The average Bonchev–Trinajstić information content (AvgIpc) is 2.58. The summed E-state index contributed by atoms with van der Waals surface area (Å²) >= 11 is 0. The molecule has 2 rings (SSSR count). The van der Waals surface area contributed by atoms with E-state index in [4.69, 9.17) is 0 Å². The molecule has 0 bridgehead atoms. The number of hydrogen-bond donors (Lipinski definition) is 0. The normalized spacial score (nSPS) is 21.5. The van der Waals surface area contributed by atoms with Crippen LogP contribution in [0.15, 0.2) is 24.3 Å². The highest BCUT2D eigenvalue weighted by atomic mass is 19.2. The van der Waals surface area contributed by atoms with Gasteiger partial charge < -0.3 is 0 Å². The van der Waals surface area contributed by atoms with Gasteiger partial charge in [-0.2, -0.15) is 0 Å². The van der Waals surface area contributed by atoms with Crippen LogP contribution in [0.5, 0.6) is 0 Å². The molecule has 1 aromatic carbocycles. The fraction of sp³-hybridized carbons (Fsp3) is 0.619. The summed E-state index contributed by atoms with van der Waals surface area (Å²) in [5, 5.41) is 0. The summed E-state index contributed by atoms with van der Waals surface area (Å²) in [6, 6.07) is 2.18. The molecule has 0 saturated heterocycles. The average molecular weight is 338 g/mol. The topological polar surface area (TPSA) is 0 Å². The number of aryl methyl sites for hydroxylation is 1. The van der Waals surface area contributed by atoms with E-state index in [2.05, 4.69) is 19.1 Å². The Morgan fingerprint density at radius 3 is 2.29 bits per heavy atom. The Kier molecular flexibility index (Phi) is 7.87. The number of hydrogen-bond acceptors (Lipinski definition) is 0. The highest BCUT2D eigenvalue weighted by Gasteiger charge is 2.18. The fourth-order valence-corrected chi connectivity index (χ4v) is 3.64. The zero-order valence-corrected chi connectivity index (χ0v) is 14.7. The Balaban J connectivity index is 1.68. The minimum atomic E-state index is -1.38. The summed E-state index contributed by atoms with van der Waals surface area (Å²) in [4.78, 5) is 0. The maximum Gasteiger partial charge on any atom is 0.194 e. The molecule has 24 heavy (non-hydrogen) atoms. The Hall–Kier alpha value is -1.25. The Bertz CT molecular complexity index is 505. The predicted molar refractivity (Wildman–Crippen MR) is 93.4 cm³/mol. The smallest absolute Gasteiger partial charge is 0.194 e. The van der Waals surface area contributed by atoms with Gasteiger partial charge in [0.1, 0.15) is 0 Å². The van der Waals surface area contributed by atoms with Crippen molar-refractivity contribution in [3.63, 3.8) is 0 Å². The summed E-state index contributed by atoms with van der Waals surface area (Å²) in [5.74, 6) is -2.03. The SMILES string of the molecule is CCCCCC1CCC(/C=C/CCc2cc(F)c(F)c(F)c2)CC1. The van der Waals surface area contributed by atoms with E-state index < -0.39 is 17.5 Å². The Morgan fingerprint density at radius 1 is 1.00 bits per heavy atom. The lowest BCUT2D eigenvalue weighted by molar-refractivity contribution is 0.289. The van der Waals surface area contributed by atoms with Crippen LogP contribution < -0.4 is 0 Å². The first-order chi connectivity index (χ1) is 11.6. The van der Waals surface area contributed by atoms with Crippen molar-refractivity contribution < 1.29 is 13.2 Å². The van der Waals surface area contributed by atoms with Crippen LogP contribution in [0.3, 0.4) is 0 Å². The molecular weight excluding hydrogens is 309 g/mol. The molecule has 0 spiro atoms. The van der Waals surface area contributed by atoms with Crippen LogP contribution in [0.1, 0.15) is 70.3 Å². The van der Waals surface area contributed by atoms with Gasteiger partial charge in [-0.3, -0.25) is 0 Å². The fourth-order valence-electron chi connectivity index (χ4n) is 3.64. The van der Waals surface area contributed by atoms with E-state index >= 15 is 0 Å². The minimum Gasteiger partial charge on any atom is -0.204 e. The van der Waals surface area contributed by atoms with Crippen molar-refractivity contribution >= 4 is 0 Å². The van der Waals surface area contributed by atoms with Gasteiger partial charge >= 0.3 is 0 Å². The molecule has 0 N–H and O–H groups in total. The predicted octanol–water partition coefficient (Wildman–Crippen LogP) is 6.98. The molecule has 1 aliphatic rings. The number of benzene rings is 1.